The molecule has 1 rings (SSSR count). The molecule has 6 nitrogen and oxygen atoms in total. The molecular weight excluding hydrogens is 250 g/mol. The maximum Gasteiger partial charge on any atom is 0.500 e. The van der Waals surface area contributed by atoms with E-state index < -0.39 is 8.80 Å². The molecule has 0 radical (unpaired) electrons. The molecule has 1 heterocycles. The van der Waals surface area contributed by atoms with Gasteiger partial charge in [-0.05, 0) is 20.0 Å². The zero-order valence-corrected chi connectivity index (χ0v) is 12.6. The first kappa shape index (κ1) is 15.3. The zero-order valence-electron chi connectivity index (χ0n) is 11.6. The van der Waals surface area contributed by atoms with E-state index in [-0.39, 0.29) is 0 Å². The highest BCUT2D eigenvalue weighted by atomic mass is 28.4. The van der Waals surface area contributed by atoms with Crippen LogP contribution in [0.3, 0.4) is 0 Å². The predicted molar refractivity (Wildman–Crippen MR) is 71.1 cm³/mol. The number of H-pyrrole nitrogens is 1. The number of hydrogen-bond donors (Lipinski definition) is 1. The minimum atomic E-state index is -2.41. The summed E-state index contributed by atoms with van der Waals surface area (Å²) in [4.78, 5) is 9.32. The first-order valence-corrected chi connectivity index (χ1v) is 7.90. The Balaban J connectivity index is 2.28. The summed E-state index contributed by atoms with van der Waals surface area (Å²) in [6.07, 6.45) is 4.52. The molecule has 0 atom stereocenters. The van der Waals surface area contributed by atoms with Gasteiger partial charge in [0, 0.05) is 45.8 Å². The molecule has 0 saturated heterocycles. The van der Waals surface area contributed by atoms with E-state index >= 15 is 0 Å². The van der Waals surface area contributed by atoms with E-state index in [0.717, 1.165) is 31.2 Å². The average Bonchev–Trinajstić information content (AvgIpc) is 2.88. The monoisotopic (exact) mass is 273 g/mol. The molecule has 0 fully saturated rings. The van der Waals surface area contributed by atoms with Gasteiger partial charge in [-0.2, -0.15) is 0 Å². The lowest BCUT2D eigenvalue weighted by atomic mass is 10.4. The largest absolute Gasteiger partial charge is 0.500 e. The Hall–Kier alpha value is -0.733. The maximum atomic E-state index is 5.38. The molecule has 1 aromatic heterocycles. The first-order valence-electron chi connectivity index (χ1n) is 5.97. The highest BCUT2D eigenvalue weighted by molar-refractivity contribution is 6.60. The van der Waals surface area contributed by atoms with Gasteiger partial charge in [0.05, 0.1) is 6.33 Å². The Morgan fingerprint density at radius 3 is 2.44 bits per heavy atom. The van der Waals surface area contributed by atoms with Crippen LogP contribution in [0.4, 0.5) is 0 Å². The summed E-state index contributed by atoms with van der Waals surface area (Å²) in [7, 11) is 4.61. The molecule has 0 aromatic carbocycles. The van der Waals surface area contributed by atoms with Crippen LogP contribution >= 0.6 is 0 Å². The van der Waals surface area contributed by atoms with Crippen LogP contribution in [0.5, 0.6) is 0 Å². The van der Waals surface area contributed by atoms with Crippen molar-refractivity contribution in [2.24, 2.45) is 0 Å². The third-order valence-corrected chi connectivity index (χ3v) is 5.78. The molecule has 0 unspecified atom stereocenters. The third-order valence-electron chi connectivity index (χ3n) is 2.95. The van der Waals surface area contributed by atoms with Gasteiger partial charge >= 0.3 is 8.80 Å². The van der Waals surface area contributed by atoms with Crippen molar-refractivity contribution in [2.45, 2.75) is 19.0 Å². The van der Waals surface area contributed by atoms with Gasteiger partial charge in [-0.3, -0.25) is 0 Å². The molecule has 0 bridgehead atoms. The van der Waals surface area contributed by atoms with Crippen LogP contribution in [-0.4, -0.2) is 58.6 Å². The van der Waals surface area contributed by atoms with Crippen LogP contribution in [0.25, 0.3) is 0 Å². The predicted octanol–water partition coefficient (Wildman–Crippen LogP) is 1.11. The second kappa shape index (κ2) is 7.65. The van der Waals surface area contributed by atoms with Crippen LogP contribution in [0, 0.1) is 0 Å². The minimum absolute atomic E-state index is 0.823. The fourth-order valence-electron chi connectivity index (χ4n) is 1.86. The van der Waals surface area contributed by atoms with E-state index in [0.29, 0.717) is 0 Å². The molecule has 0 aliphatic carbocycles. The van der Waals surface area contributed by atoms with E-state index in [2.05, 4.69) is 21.9 Å². The van der Waals surface area contributed by atoms with Crippen molar-refractivity contribution < 1.29 is 13.3 Å². The van der Waals surface area contributed by atoms with Gasteiger partial charge in [-0.25, -0.2) is 4.98 Å². The van der Waals surface area contributed by atoms with E-state index in [4.69, 9.17) is 13.3 Å². The summed E-state index contributed by atoms with van der Waals surface area (Å²) in [6, 6.07) is 0.823. The average molecular weight is 273 g/mol. The smallest absolute Gasteiger partial charge is 0.377 e. The van der Waals surface area contributed by atoms with Crippen molar-refractivity contribution in [1.29, 1.82) is 0 Å². The van der Waals surface area contributed by atoms with Crippen molar-refractivity contribution in [3.8, 4) is 0 Å². The van der Waals surface area contributed by atoms with E-state index in [9.17, 15) is 0 Å². The second-order valence-electron chi connectivity index (χ2n) is 4.21. The van der Waals surface area contributed by atoms with Crippen molar-refractivity contribution >= 4 is 8.80 Å². The molecule has 0 amide bonds. The van der Waals surface area contributed by atoms with Crippen LogP contribution in [-0.2, 0) is 19.8 Å². The second-order valence-corrected chi connectivity index (χ2v) is 7.30. The zero-order chi connectivity index (χ0) is 13.4. The Labute approximate surface area is 110 Å². The number of aromatic nitrogens is 2. The topological polar surface area (TPSA) is 59.6 Å². The summed E-state index contributed by atoms with van der Waals surface area (Å²) < 4.78 is 16.2. The van der Waals surface area contributed by atoms with E-state index in [1.54, 1.807) is 27.7 Å². The highest BCUT2D eigenvalue weighted by Crippen LogP contribution is 2.15. The molecular formula is C11H23N3O3Si. The summed E-state index contributed by atoms with van der Waals surface area (Å²) in [5.74, 6) is 0. The van der Waals surface area contributed by atoms with Crippen LogP contribution in [0.15, 0.2) is 12.5 Å². The molecule has 1 aromatic rings. The van der Waals surface area contributed by atoms with Gasteiger partial charge < -0.3 is 23.2 Å². The standard InChI is InChI=1S/C11H23N3O3Si/c1-14(9-11-8-12-10-13-11)6-5-7-18(15-2,16-3)17-4/h8,10H,5-7,9H2,1-4H3,(H,12,13). The number of nitrogens with zero attached hydrogens (tertiary/aromatic N) is 2. The normalized spacial score (nSPS) is 12.3. The van der Waals surface area contributed by atoms with Crippen LogP contribution in [0.2, 0.25) is 6.04 Å². The van der Waals surface area contributed by atoms with Gasteiger partial charge in [0.15, 0.2) is 0 Å². The lowest BCUT2D eigenvalue weighted by molar-refractivity contribution is 0.121. The summed E-state index contributed by atoms with van der Waals surface area (Å²) in [5, 5.41) is 0. The van der Waals surface area contributed by atoms with Gasteiger partial charge in [-0.15, -0.1) is 0 Å². The van der Waals surface area contributed by atoms with Crippen molar-refractivity contribution in [1.82, 2.24) is 14.9 Å². The molecule has 0 aliphatic rings. The van der Waals surface area contributed by atoms with Gasteiger partial charge in [0.1, 0.15) is 0 Å². The molecule has 1 N–H and O–H groups in total. The Morgan fingerprint density at radius 1 is 1.28 bits per heavy atom. The third kappa shape index (κ3) is 4.50. The van der Waals surface area contributed by atoms with Crippen molar-refractivity contribution in [2.75, 3.05) is 34.9 Å². The highest BCUT2D eigenvalue weighted by Gasteiger charge is 2.36. The number of aromatic amines is 1. The molecule has 7 heteroatoms. The van der Waals surface area contributed by atoms with Crippen LogP contribution in [0.1, 0.15) is 12.1 Å². The summed E-state index contributed by atoms with van der Waals surface area (Å²) in [5.41, 5.74) is 1.12. The Morgan fingerprint density at radius 2 is 1.94 bits per heavy atom. The van der Waals surface area contributed by atoms with E-state index in [1.165, 1.54) is 0 Å². The lowest BCUT2D eigenvalue weighted by Gasteiger charge is -2.25. The van der Waals surface area contributed by atoms with E-state index in [1.807, 2.05) is 6.20 Å². The number of hydrogen-bond acceptors (Lipinski definition) is 5. The SMILES string of the molecule is CO[Si](CCCN(C)Cc1cnc[nH]1)(OC)OC. The molecule has 18 heavy (non-hydrogen) atoms. The number of rotatable bonds is 9. The fraction of sp³-hybridized carbons (Fsp3) is 0.727. The molecule has 0 saturated carbocycles. The maximum absolute atomic E-state index is 5.38. The number of imidazole rings is 1. The van der Waals surface area contributed by atoms with Crippen molar-refractivity contribution in [3.05, 3.63) is 18.2 Å². The fourth-order valence-corrected chi connectivity index (χ4v) is 3.57. The van der Waals surface area contributed by atoms with Gasteiger partial charge in [0.25, 0.3) is 0 Å². The Bertz CT molecular complexity index is 309. The van der Waals surface area contributed by atoms with Crippen LogP contribution < -0.4 is 0 Å². The summed E-state index contributed by atoms with van der Waals surface area (Å²) in [6.45, 7) is 1.82. The van der Waals surface area contributed by atoms with Gasteiger partial charge in [-0.1, -0.05) is 0 Å². The lowest BCUT2D eigenvalue weighted by Crippen LogP contribution is -2.43. The number of nitrogens with one attached hydrogen (secondary N) is 1. The quantitative estimate of drug-likeness (QED) is 0.683. The Kier molecular flexibility index (Phi) is 6.51. The molecule has 104 valence electrons. The molecule has 0 aliphatic heterocycles. The first-order chi connectivity index (χ1) is 8.65. The van der Waals surface area contributed by atoms with Crippen molar-refractivity contribution in [3.63, 3.8) is 0 Å². The van der Waals surface area contributed by atoms with Gasteiger partial charge in [0.2, 0.25) is 0 Å². The molecule has 0 spiro atoms. The summed E-state index contributed by atoms with van der Waals surface area (Å²) >= 11 is 0. The minimum Gasteiger partial charge on any atom is -0.377 e.